The summed E-state index contributed by atoms with van der Waals surface area (Å²) in [6.07, 6.45) is 5.00. The van der Waals surface area contributed by atoms with Crippen molar-refractivity contribution in [1.29, 1.82) is 0 Å². The lowest BCUT2D eigenvalue weighted by molar-refractivity contribution is 0.119. The van der Waals surface area contributed by atoms with E-state index >= 15 is 0 Å². The monoisotopic (exact) mass is 508 g/mol. The van der Waals surface area contributed by atoms with Crippen molar-refractivity contribution >= 4 is 37.8 Å². The summed E-state index contributed by atoms with van der Waals surface area (Å²) in [6, 6.07) is 8.84. The molecular formula is C26H32N6O3S. The first-order valence-corrected chi connectivity index (χ1v) is 13.7. The van der Waals surface area contributed by atoms with Crippen LogP contribution >= 0.6 is 0 Å². The summed E-state index contributed by atoms with van der Waals surface area (Å²) in [6.45, 7) is 5.58. The van der Waals surface area contributed by atoms with Gasteiger partial charge in [0.05, 0.1) is 24.2 Å². The Labute approximate surface area is 211 Å². The van der Waals surface area contributed by atoms with E-state index in [4.69, 9.17) is 15.5 Å². The second-order valence-electron chi connectivity index (χ2n) is 9.50. The highest BCUT2D eigenvalue weighted by atomic mass is 32.2. The number of aryl methyl sites for hydroxylation is 2. The average Bonchev–Trinajstić information content (AvgIpc) is 3.61. The molecule has 0 bridgehead atoms. The summed E-state index contributed by atoms with van der Waals surface area (Å²) in [5.74, 6) is 2.15. The van der Waals surface area contributed by atoms with Crippen LogP contribution in [0.15, 0.2) is 41.4 Å². The number of rotatable bonds is 10. The zero-order valence-electron chi connectivity index (χ0n) is 20.9. The van der Waals surface area contributed by atoms with E-state index in [0.717, 1.165) is 39.9 Å². The molecule has 1 aliphatic rings. The summed E-state index contributed by atoms with van der Waals surface area (Å²) in [7, 11) is -2.13. The number of benzene rings is 1. The van der Waals surface area contributed by atoms with Gasteiger partial charge in [-0.1, -0.05) is 18.2 Å². The molecule has 0 atom stereocenters. The highest BCUT2D eigenvalue weighted by molar-refractivity contribution is 7.89. The molecule has 1 saturated carbocycles. The molecular weight excluding hydrogens is 476 g/mol. The average molecular weight is 509 g/mol. The number of hydrogen-bond donors (Lipinski definition) is 1. The fourth-order valence-corrected chi connectivity index (χ4v) is 5.86. The van der Waals surface area contributed by atoms with Gasteiger partial charge < -0.3 is 15.0 Å². The predicted molar refractivity (Wildman–Crippen MR) is 140 cm³/mol. The van der Waals surface area contributed by atoms with Crippen LogP contribution in [0.2, 0.25) is 0 Å². The lowest BCUT2D eigenvalue weighted by atomic mass is 10.2. The van der Waals surface area contributed by atoms with Gasteiger partial charge in [-0.3, -0.25) is 4.98 Å². The molecule has 9 nitrogen and oxygen atoms in total. The molecule has 0 unspecified atom stereocenters. The van der Waals surface area contributed by atoms with Crippen LogP contribution in [0.3, 0.4) is 0 Å². The van der Waals surface area contributed by atoms with Gasteiger partial charge in [-0.15, -0.1) is 0 Å². The van der Waals surface area contributed by atoms with Crippen molar-refractivity contribution in [3.8, 4) is 0 Å². The number of hydrogen-bond acceptors (Lipinski definition) is 7. The van der Waals surface area contributed by atoms with Gasteiger partial charge in [-0.2, -0.15) is 4.31 Å². The Morgan fingerprint density at radius 1 is 1.11 bits per heavy atom. The van der Waals surface area contributed by atoms with Crippen LogP contribution < -0.4 is 5.73 Å². The van der Waals surface area contributed by atoms with E-state index in [1.54, 1.807) is 31.4 Å². The first-order valence-electron chi connectivity index (χ1n) is 12.3. The topological polar surface area (TPSA) is 116 Å². The number of sulfonamides is 1. The molecule has 0 aliphatic heterocycles. The Kier molecular flexibility index (Phi) is 6.67. The molecule has 10 heteroatoms. The van der Waals surface area contributed by atoms with Crippen molar-refractivity contribution in [2.45, 2.75) is 44.6 Å². The third-order valence-electron chi connectivity index (χ3n) is 6.94. The van der Waals surface area contributed by atoms with Crippen LogP contribution in [-0.4, -0.2) is 59.0 Å². The van der Waals surface area contributed by atoms with Crippen molar-refractivity contribution < 1.29 is 13.2 Å². The van der Waals surface area contributed by atoms with Gasteiger partial charge in [0.1, 0.15) is 16.2 Å². The molecule has 3 aromatic heterocycles. The van der Waals surface area contributed by atoms with Gasteiger partial charge in [-0.05, 0) is 50.3 Å². The van der Waals surface area contributed by atoms with Crippen LogP contribution in [0.25, 0.3) is 21.9 Å². The van der Waals surface area contributed by atoms with Gasteiger partial charge in [0.15, 0.2) is 5.82 Å². The first kappa shape index (κ1) is 24.6. The minimum atomic E-state index is -3.70. The number of aromatic nitrogens is 4. The molecule has 0 spiro atoms. The van der Waals surface area contributed by atoms with E-state index in [9.17, 15) is 8.42 Å². The molecule has 190 valence electrons. The molecule has 1 aliphatic carbocycles. The molecule has 2 N–H and O–H groups in total. The second kappa shape index (κ2) is 9.76. The largest absolute Gasteiger partial charge is 0.382 e. The van der Waals surface area contributed by atoms with E-state index in [1.807, 2.05) is 26.0 Å². The molecule has 0 radical (unpaired) electrons. The minimum Gasteiger partial charge on any atom is -0.382 e. The maximum Gasteiger partial charge on any atom is 0.245 e. The van der Waals surface area contributed by atoms with Crippen molar-refractivity contribution in [1.82, 2.24) is 23.8 Å². The van der Waals surface area contributed by atoms with Gasteiger partial charge in [0.2, 0.25) is 10.0 Å². The third-order valence-corrected chi connectivity index (χ3v) is 8.83. The van der Waals surface area contributed by atoms with Crippen LogP contribution in [-0.2, 0) is 27.7 Å². The molecule has 5 rings (SSSR count). The van der Waals surface area contributed by atoms with E-state index in [2.05, 4.69) is 14.5 Å². The molecule has 0 amide bonds. The van der Waals surface area contributed by atoms with Crippen molar-refractivity contribution in [3.63, 3.8) is 0 Å². The number of ether oxygens (including phenoxy) is 1. The van der Waals surface area contributed by atoms with Crippen LogP contribution in [0, 0.1) is 19.8 Å². The van der Waals surface area contributed by atoms with Gasteiger partial charge >= 0.3 is 0 Å². The van der Waals surface area contributed by atoms with E-state index in [-0.39, 0.29) is 18.0 Å². The molecule has 0 saturated heterocycles. The normalized spacial score (nSPS) is 14.3. The summed E-state index contributed by atoms with van der Waals surface area (Å²) in [4.78, 5) is 13.8. The summed E-state index contributed by atoms with van der Waals surface area (Å²) in [5, 5.41) is 0.791. The third kappa shape index (κ3) is 4.68. The number of pyridine rings is 2. The van der Waals surface area contributed by atoms with E-state index < -0.39 is 10.0 Å². The van der Waals surface area contributed by atoms with Crippen molar-refractivity contribution in [2.75, 3.05) is 32.5 Å². The number of imidazole rings is 1. The lowest BCUT2D eigenvalue weighted by Gasteiger charge is -2.18. The zero-order valence-corrected chi connectivity index (χ0v) is 21.8. The summed E-state index contributed by atoms with van der Waals surface area (Å²) < 4.78 is 35.8. The lowest BCUT2D eigenvalue weighted by Crippen LogP contribution is -2.30. The maximum absolute atomic E-state index is 13.2. The van der Waals surface area contributed by atoms with Gasteiger partial charge in [0, 0.05) is 43.8 Å². The Morgan fingerprint density at radius 2 is 1.89 bits per heavy atom. The molecule has 4 aromatic rings. The number of nitrogens with zero attached hydrogens (tertiary/aromatic N) is 5. The highest BCUT2D eigenvalue weighted by Gasteiger charge is 2.26. The van der Waals surface area contributed by atoms with Gasteiger partial charge in [0.25, 0.3) is 0 Å². The number of fused-ring (bicyclic) bond motifs is 2. The smallest absolute Gasteiger partial charge is 0.245 e. The van der Waals surface area contributed by atoms with Gasteiger partial charge in [-0.25, -0.2) is 18.4 Å². The highest BCUT2D eigenvalue weighted by Crippen LogP contribution is 2.34. The van der Waals surface area contributed by atoms with Crippen LogP contribution in [0.5, 0.6) is 0 Å². The Morgan fingerprint density at radius 3 is 2.67 bits per heavy atom. The number of nitrogen functional groups attached to an aromatic ring is 1. The summed E-state index contributed by atoms with van der Waals surface area (Å²) >= 11 is 0. The first-order chi connectivity index (χ1) is 17.3. The Bertz CT molecular complexity index is 1520. The van der Waals surface area contributed by atoms with Crippen molar-refractivity contribution in [2.24, 2.45) is 5.92 Å². The van der Waals surface area contributed by atoms with E-state index in [0.29, 0.717) is 30.4 Å². The fourth-order valence-electron chi connectivity index (χ4n) is 4.55. The molecule has 1 aromatic carbocycles. The van der Waals surface area contributed by atoms with Crippen molar-refractivity contribution in [3.05, 3.63) is 53.6 Å². The number of likely N-dealkylation sites (N-methyl/N-ethyl adjacent to an activating group) is 1. The van der Waals surface area contributed by atoms with E-state index in [1.165, 1.54) is 17.1 Å². The molecule has 36 heavy (non-hydrogen) atoms. The van der Waals surface area contributed by atoms with Crippen LogP contribution in [0.4, 0.5) is 5.82 Å². The fraction of sp³-hybridized carbons (Fsp3) is 0.423. The number of para-hydroxylation sites is 1. The maximum atomic E-state index is 13.2. The SMILES string of the molecule is Cc1nc(N)c2nc(CC3CC3)n(CCOCCN(C)S(=O)(=O)c3cccc4cccnc34)c2c1C. The number of anilines is 1. The number of nitrogens with two attached hydrogens (primary N) is 1. The predicted octanol–water partition coefficient (Wildman–Crippen LogP) is 3.47. The van der Waals surface area contributed by atoms with Crippen LogP contribution in [0.1, 0.15) is 29.9 Å². The molecule has 3 heterocycles. The minimum absolute atomic E-state index is 0.203. The Balaban J connectivity index is 1.26. The summed E-state index contributed by atoms with van der Waals surface area (Å²) in [5.41, 5.74) is 10.4. The Hall–Kier alpha value is -3.08. The quantitative estimate of drug-likeness (QED) is 0.326. The second-order valence-corrected chi connectivity index (χ2v) is 11.5. The zero-order chi connectivity index (χ0) is 25.4. The molecule has 1 fully saturated rings. The standard InChI is InChI=1S/C26H32N6O3S/c1-17-18(2)29-26(27)24-25(17)32(22(30-24)16-19-9-10-19)13-15-35-14-12-31(3)36(33,34)21-8-4-6-20-7-5-11-28-23(20)21/h4-8,11,19H,9-10,12-16H2,1-3H3,(H2,27,29).